The summed E-state index contributed by atoms with van der Waals surface area (Å²) in [6.07, 6.45) is 0.918. The van der Waals surface area contributed by atoms with Crippen LogP contribution in [0.15, 0.2) is 48.5 Å². The van der Waals surface area contributed by atoms with Crippen LogP contribution in [0.4, 0.5) is 4.39 Å². The second kappa shape index (κ2) is 9.37. The van der Waals surface area contributed by atoms with Crippen LogP contribution < -0.4 is 10.1 Å². The number of halogens is 2. The summed E-state index contributed by atoms with van der Waals surface area (Å²) in [5.41, 5.74) is 0.638. The number of carbonyl (C=O) groups is 1. The molecule has 1 amide bonds. The van der Waals surface area contributed by atoms with E-state index in [0.717, 1.165) is 24.2 Å². The number of hydrogen-bond acceptors (Lipinski definition) is 4. The van der Waals surface area contributed by atoms with Crippen LogP contribution in [0, 0.1) is 5.82 Å². The van der Waals surface area contributed by atoms with E-state index in [4.69, 9.17) is 4.74 Å². The quantitative estimate of drug-likeness (QED) is 0.676. The SMILES string of the molecule is Cl.O=C(c1sc2cccc(F)c2c1COc1ccccc1)N1CCCNCC1. The number of thiophene rings is 1. The molecule has 1 aromatic heterocycles. The second-order valence-electron chi connectivity index (χ2n) is 6.52. The van der Waals surface area contributed by atoms with Gasteiger partial charge in [0, 0.05) is 35.3 Å². The third kappa shape index (κ3) is 4.29. The Morgan fingerprint density at radius 2 is 1.93 bits per heavy atom. The number of fused-ring (bicyclic) bond motifs is 1. The summed E-state index contributed by atoms with van der Waals surface area (Å²) in [5, 5.41) is 3.80. The van der Waals surface area contributed by atoms with Gasteiger partial charge in [-0.05, 0) is 37.2 Å². The lowest BCUT2D eigenvalue weighted by Gasteiger charge is -2.20. The summed E-state index contributed by atoms with van der Waals surface area (Å²) < 4.78 is 21.2. The molecule has 4 rings (SSSR count). The second-order valence-corrected chi connectivity index (χ2v) is 7.57. The fourth-order valence-electron chi connectivity index (χ4n) is 3.34. The molecular weight excluding hydrogens is 399 g/mol. The smallest absolute Gasteiger partial charge is 0.264 e. The summed E-state index contributed by atoms with van der Waals surface area (Å²) in [6.45, 7) is 3.23. The van der Waals surface area contributed by atoms with E-state index in [1.165, 1.54) is 17.4 Å². The van der Waals surface area contributed by atoms with Gasteiger partial charge in [0.2, 0.25) is 0 Å². The zero-order valence-electron chi connectivity index (χ0n) is 15.3. The van der Waals surface area contributed by atoms with Crippen molar-refractivity contribution in [1.29, 1.82) is 0 Å². The highest BCUT2D eigenvalue weighted by Gasteiger charge is 2.25. The van der Waals surface area contributed by atoms with Crippen LogP contribution in [0.3, 0.4) is 0 Å². The maximum atomic E-state index is 14.6. The lowest BCUT2D eigenvalue weighted by atomic mass is 10.1. The number of amides is 1. The Bertz CT molecular complexity index is 940. The number of para-hydroxylation sites is 1. The molecule has 148 valence electrons. The third-order valence-corrected chi connectivity index (χ3v) is 5.90. The molecule has 1 saturated heterocycles. The van der Waals surface area contributed by atoms with Crippen molar-refractivity contribution in [3.05, 3.63) is 64.8 Å². The van der Waals surface area contributed by atoms with Gasteiger partial charge in [0.15, 0.2) is 0 Å². The fraction of sp³-hybridized carbons (Fsp3) is 0.286. The molecular formula is C21H22ClFN2O2S. The molecule has 0 radical (unpaired) electrons. The molecule has 1 N–H and O–H groups in total. The van der Waals surface area contributed by atoms with E-state index in [-0.39, 0.29) is 30.7 Å². The Kier molecular flexibility index (Phi) is 6.88. The van der Waals surface area contributed by atoms with Gasteiger partial charge in [-0.2, -0.15) is 0 Å². The standard InChI is InChI=1S/C21H21FN2O2S.ClH/c22-17-8-4-9-18-19(17)16(14-26-15-6-2-1-3-7-15)20(27-18)21(25)24-12-5-10-23-11-13-24;/h1-4,6-9,23H,5,10-14H2;1H. The molecule has 1 aliphatic heterocycles. The molecule has 2 heterocycles. The van der Waals surface area contributed by atoms with Crippen molar-refractivity contribution in [3.63, 3.8) is 0 Å². The number of rotatable bonds is 4. The minimum atomic E-state index is -0.313. The maximum Gasteiger partial charge on any atom is 0.264 e. The molecule has 7 heteroatoms. The van der Waals surface area contributed by atoms with Gasteiger partial charge in [-0.15, -0.1) is 23.7 Å². The van der Waals surface area contributed by atoms with Crippen molar-refractivity contribution in [3.8, 4) is 5.75 Å². The molecule has 3 aromatic rings. The number of ether oxygens (including phenoxy) is 1. The van der Waals surface area contributed by atoms with Crippen molar-refractivity contribution < 1.29 is 13.9 Å². The zero-order chi connectivity index (χ0) is 18.6. The molecule has 1 aliphatic rings. The molecule has 28 heavy (non-hydrogen) atoms. The van der Waals surface area contributed by atoms with Crippen molar-refractivity contribution in [2.45, 2.75) is 13.0 Å². The summed E-state index contributed by atoms with van der Waals surface area (Å²) in [5.74, 6) is 0.350. The Hall–Kier alpha value is -2.15. The van der Waals surface area contributed by atoms with E-state index in [1.54, 1.807) is 6.07 Å². The minimum Gasteiger partial charge on any atom is -0.489 e. The summed E-state index contributed by atoms with van der Waals surface area (Å²) in [7, 11) is 0. The molecule has 0 bridgehead atoms. The lowest BCUT2D eigenvalue weighted by molar-refractivity contribution is 0.0769. The Morgan fingerprint density at radius 3 is 2.75 bits per heavy atom. The average molecular weight is 421 g/mol. The van der Waals surface area contributed by atoms with Gasteiger partial charge in [0.25, 0.3) is 5.91 Å². The zero-order valence-corrected chi connectivity index (χ0v) is 17.0. The number of carbonyl (C=O) groups excluding carboxylic acids is 1. The largest absolute Gasteiger partial charge is 0.489 e. The molecule has 0 unspecified atom stereocenters. The van der Waals surface area contributed by atoms with Gasteiger partial charge in [-0.25, -0.2) is 4.39 Å². The van der Waals surface area contributed by atoms with Crippen LogP contribution in [-0.2, 0) is 6.61 Å². The summed E-state index contributed by atoms with van der Waals surface area (Å²) >= 11 is 1.35. The van der Waals surface area contributed by atoms with Crippen LogP contribution >= 0.6 is 23.7 Å². The van der Waals surface area contributed by atoms with Crippen LogP contribution in [0.5, 0.6) is 5.75 Å². The molecule has 1 fully saturated rings. The highest BCUT2D eigenvalue weighted by Crippen LogP contribution is 2.35. The van der Waals surface area contributed by atoms with Crippen molar-refractivity contribution in [1.82, 2.24) is 10.2 Å². The van der Waals surface area contributed by atoms with E-state index in [9.17, 15) is 9.18 Å². The molecule has 0 spiro atoms. The summed E-state index contributed by atoms with van der Waals surface area (Å²) in [4.78, 5) is 15.6. The minimum absolute atomic E-state index is 0. The normalized spacial score (nSPS) is 14.4. The van der Waals surface area contributed by atoms with Crippen LogP contribution in [0.25, 0.3) is 10.1 Å². The van der Waals surface area contributed by atoms with Gasteiger partial charge in [0.1, 0.15) is 18.2 Å². The van der Waals surface area contributed by atoms with Gasteiger partial charge in [-0.3, -0.25) is 4.79 Å². The summed E-state index contributed by atoms with van der Waals surface area (Å²) in [6, 6.07) is 14.4. The number of hydrogen-bond donors (Lipinski definition) is 1. The Labute approximate surface area is 173 Å². The predicted octanol–water partition coefficient (Wildman–Crippen LogP) is 4.48. The van der Waals surface area contributed by atoms with Gasteiger partial charge in [0.05, 0.1) is 4.88 Å². The van der Waals surface area contributed by atoms with E-state index < -0.39 is 0 Å². The molecule has 2 aromatic carbocycles. The topological polar surface area (TPSA) is 41.6 Å². The highest BCUT2D eigenvalue weighted by atomic mass is 35.5. The van der Waals surface area contributed by atoms with E-state index in [2.05, 4.69) is 5.32 Å². The van der Waals surface area contributed by atoms with Crippen LogP contribution in [0.2, 0.25) is 0 Å². The van der Waals surface area contributed by atoms with Crippen molar-refractivity contribution in [2.75, 3.05) is 26.2 Å². The van der Waals surface area contributed by atoms with Crippen LogP contribution in [0.1, 0.15) is 21.7 Å². The first-order chi connectivity index (χ1) is 13.2. The number of benzene rings is 2. The monoisotopic (exact) mass is 420 g/mol. The average Bonchev–Trinajstić information content (AvgIpc) is 2.87. The van der Waals surface area contributed by atoms with E-state index in [1.807, 2.05) is 41.3 Å². The molecule has 0 atom stereocenters. The fourth-order valence-corrected chi connectivity index (χ4v) is 4.53. The van der Waals surface area contributed by atoms with Gasteiger partial charge < -0.3 is 15.0 Å². The highest BCUT2D eigenvalue weighted by molar-refractivity contribution is 7.21. The third-order valence-electron chi connectivity index (χ3n) is 4.71. The first-order valence-electron chi connectivity index (χ1n) is 9.12. The predicted molar refractivity (Wildman–Crippen MR) is 113 cm³/mol. The number of nitrogens with one attached hydrogen (secondary N) is 1. The van der Waals surface area contributed by atoms with Gasteiger partial charge >= 0.3 is 0 Å². The molecule has 0 saturated carbocycles. The first kappa shape index (κ1) is 20.6. The Morgan fingerprint density at radius 1 is 1.11 bits per heavy atom. The van der Waals surface area contributed by atoms with Crippen molar-refractivity contribution in [2.24, 2.45) is 0 Å². The van der Waals surface area contributed by atoms with Crippen LogP contribution in [-0.4, -0.2) is 37.0 Å². The van der Waals surface area contributed by atoms with E-state index >= 15 is 0 Å². The maximum absolute atomic E-state index is 14.6. The number of nitrogens with zero attached hydrogens (tertiary/aromatic N) is 1. The molecule has 0 aliphatic carbocycles. The van der Waals surface area contributed by atoms with Crippen molar-refractivity contribution >= 4 is 39.7 Å². The first-order valence-corrected chi connectivity index (χ1v) is 9.93. The van der Waals surface area contributed by atoms with Gasteiger partial charge in [-0.1, -0.05) is 24.3 Å². The Balaban J connectivity index is 0.00000225. The van der Waals surface area contributed by atoms with E-state index in [0.29, 0.717) is 34.7 Å². The lowest BCUT2D eigenvalue weighted by Crippen LogP contribution is -2.34. The molecule has 4 nitrogen and oxygen atoms in total.